The van der Waals surface area contributed by atoms with Crippen molar-refractivity contribution in [1.82, 2.24) is 4.98 Å². The lowest BCUT2D eigenvalue weighted by Crippen LogP contribution is -2.14. The number of rotatable bonds is 5. The molecule has 2 N–H and O–H groups in total. The normalized spacial score (nSPS) is 12.2. The molecule has 0 aliphatic rings. The molecule has 1 heterocycles. The van der Waals surface area contributed by atoms with Crippen LogP contribution in [0.1, 0.15) is 35.2 Å². The standard InChI is InChI=1S/C17H22N2O/c1-4-20-16-8-15(10-19-11-16)17(18)9-14-7-12(2)5-6-13(14)3/h5-8,10-11,17H,4,9,18H2,1-3H3. The lowest BCUT2D eigenvalue weighted by Gasteiger charge is -2.15. The Hall–Kier alpha value is -1.87. The maximum atomic E-state index is 6.32. The Kier molecular flexibility index (Phi) is 4.74. The molecule has 0 saturated heterocycles. The summed E-state index contributed by atoms with van der Waals surface area (Å²) in [7, 11) is 0. The number of pyridine rings is 1. The van der Waals surface area contributed by atoms with Crippen LogP contribution in [0.5, 0.6) is 5.75 Å². The van der Waals surface area contributed by atoms with Gasteiger partial charge in [0.2, 0.25) is 0 Å². The van der Waals surface area contributed by atoms with E-state index in [0.29, 0.717) is 6.61 Å². The molecular weight excluding hydrogens is 248 g/mol. The van der Waals surface area contributed by atoms with E-state index in [2.05, 4.69) is 37.0 Å². The van der Waals surface area contributed by atoms with Crippen LogP contribution in [0.3, 0.4) is 0 Å². The minimum atomic E-state index is -0.0663. The summed E-state index contributed by atoms with van der Waals surface area (Å²) in [5.41, 5.74) is 11.2. The summed E-state index contributed by atoms with van der Waals surface area (Å²) >= 11 is 0. The van der Waals surface area contributed by atoms with E-state index in [1.54, 1.807) is 6.20 Å². The molecule has 2 aromatic rings. The van der Waals surface area contributed by atoms with E-state index in [4.69, 9.17) is 10.5 Å². The quantitative estimate of drug-likeness (QED) is 0.906. The minimum absolute atomic E-state index is 0.0663. The van der Waals surface area contributed by atoms with Crippen LogP contribution < -0.4 is 10.5 Å². The topological polar surface area (TPSA) is 48.1 Å². The second kappa shape index (κ2) is 6.53. The van der Waals surface area contributed by atoms with Gasteiger partial charge >= 0.3 is 0 Å². The summed E-state index contributed by atoms with van der Waals surface area (Å²) in [5.74, 6) is 0.779. The fraction of sp³-hybridized carbons (Fsp3) is 0.353. The van der Waals surface area contributed by atoms with Crippen LogP contribution in [0.2, 0.25) is 0 Å². The van der Waals surface area contributed by atoms with Gasteiger partial charge in [-0.1, -0.05) is 23.8 Å². The van der Waals surface area contributed by atoms with Crippen molar-refractivity contribution in [2.45, 2.75) is 33.2 Å². The molecule has 1 aromatic carbocycles. The summed E-state index contributed by atoms with van der Waals surface area (Å²) in [6.45, 7) is 6.82. The molecule has 0 radical (unpaired) electrons. The number of nitrogens with zero attached hydrogens (tertiary/aromatic N) is 1. The van der Waals surface area contributed by atoms with E-state index in [1.807, 2.05) is 19.2 Å². The van der Waals surface area contributed by atoms with Crippen molar-refractivity contribution >= 4 is 0 Å². The number of aromatic nitrogens is 1. The number of hydrogen-bond acceptors (Lipinski definition) is 3. The van der Waals surface area contributed by atoms with E-state index < -0.39 is 0 Å². The first kappa shape index (κ1) is 14.5. The van der Waals surface area contributed by atoms with Crippen molar-refractivity contribution in [3.8, 4) is 5.75 Å². The number of aryl methyl sites for hydroxylation is 2. The molecule has 0 saturated carbocycles. The maximum absolute atomic E-state index is 6.32. The van der Waals surface area contributed by atoms with Crippen LogP contribution in [0.4, 0.5) is 0 Å². The number of hydrogen-bond donors (Lipinski definition) is 1. The Bertz CT molecular complexity index is 581. The fourth-order valence-corrected chi connectivity index (χ4v) is 2.26. The third-order valence-corrected chi connectivity index (χ3v) is 3.42. The van der Waals surface area contributed by atoms with Crippen molar-refractivity contribution in [2.24, 2.45) is 5.73 Å². The monoisotopic (exact) mass is 270 g/mol. The first-order valence-electron chi connectivity index (χ1n) is 6.99. The largest absolute Gasteiger partial charge is 0.492 e. The van der Waals surface area contributed by atoms with E-state index in [9.17, 15) is 0 Å². The van der Waals surface area contributed by atoms with Gasteiger partial charge < -0.3 is 10.5 Å². The van der Waals surface area contributed by atoms with Crippen molar-refractivity contribution < 1.29 is 4.74 Å². The predicted molar refractivity (Wildman–Crippen MR) is 82.0 cm³/mol. The van der Waals surface area contributed by atoms with Crippen LogP contribution >= 0.6 is 0 Å². The highest BCUT2D eigenvalue weighted by atomic mass is 16.5. The first-order valence-corrected chi connectivity index (χ1v) is 6.99. The molecule has 20 heavy (non-hydrogen) atoms. The predicted octanol–water partition coefficient (Wildman–Crippen LogP) is 3.34. The Morgan fingerprint density at radius 3 is 2.75 bits per heavy atom. The van der Waals surface area contributed by atoms with Gasteiger partial charge in [0.1, 0.15) is 5.75 Å². The van der Waals surface area contributed by atoms with Gasteiger partial charge in [0.25, 0.3) is 0 Å². The van der Waals surface area contributed by atoms with Gasteiger partial charge in [0, 0.05) is 12.2 Å². The van der Waals surface area contributed by atoms with E-state index in [-0.39, 0.29) is 6.04 Å². The number of benzene rings is 1. The second-order valence-electron chi connectivity index (χ2n) is 5.13. The molecule has 3 nitrogen and oxygen atoms in total. The molecule has 106 valence electrons. The van der Waals surface area contributed by atoms with Crippen molar-refractivity contribution in [2.75, 3.05) is 6.61 Å². The number of nitrogens with two attached hydrogens (primary N) is 1. The number of ether oxygens (including phenoxy) is 1. The second-order valence-corrected chi connectivity index (χ2v) is 5.13. The van der Waals surface area contributed by atoms with Crippen LogP contribution in [0, 0.1) is 13.8 Å². The van der Waals surface area contributed by atoms with Gasteiger partial charge in [-0.2, -0.15) is 0 Å². The van der Waals surface area contributed by atoms with Crippen LogP contribution in [0.25, 0.3) is 0 Å². The van der Waals surface area contributed by atoms with Crippen molar-refractivity contribution in [3.05, 3.63) is 58.9 Å². The zero-order chi connectivity index (χ0) is 14.5. The Balaban J connectivity index is 2.17. The third-order valence-electron chi connectivity index (χ3n) is 3.42. The van der Waals surface area contributed by atoms with E-state index in [1.165, 1.54) is 16.7 Å². The van der Waals surface area contributed by atoms with Crippen LogP contribution in [0.15, 0.2) is 36.7 Å². The molecule has 3 heteroatoms. The molecule has 0 spiro atoms. The third kappa shape index (κ3) is 3.58. The highest BCUT2D eigenvalue weighted by molar-refractivity contribution is 5.33. The smallest absolute Gasteiger partial charge is 0.137 e. The van der Waals surface area contributed by atoms with Crippen LogP contribution in [-0.2, 0) is 6.42 Å². The van der Waals surface area contributed by atoms with Gasteiger partial charge in [-0.3, -0.25) is 4.98 Å². The van der Waals surface area contributed by atoms with Gasteiger partial charge in [-0.05, 0) is 49.9 Å². The molecule has 0 aliphatic heterocycles. The molecule has 0 bridgehead atoms. The summed E-state index contributed by atoms with van der Waals surface area (Å²) in [6, 6.07) is 8.39. The zero-order valence-corrected chi connectivity index (χ0v) is 12.4. The molecule has 0 amide bonds. The molecule has 0 aliphatic carbocycles. The molecule has 1 atom stereocenters. The SMILES string of the molecule is CCOc1cncc(C(N)Cc2cc(C)ccc2C)c1. The molecular formula is C17H22N2O. The average Bonchev–Trinajstić information content (AvgIpc) is 2.43. The minimum Gasteiger partial charge on any atom is -0.492 e. The fourth-order valence-electron chi connectivity index (χ4n) is 2.26. The van der Waals surface area contributed by atoms with Crippen LogP contribution in [-0.4, -0.2) is 11.6 Å². The Morgan fingerprint density at radius 1 is 1.20 bits per heavy atom. The van der Waals surface area contributed by atoms with Gasteiger partial charge in [0.15, 0.2) is 0 Å². The van der Waals surface area contributed by atoms with Gasteiger partial charge in [-0.25, -0.2) is 0 Å². The molecule has 2 rings (SSSR count). The van der Waals surface area contributed by atoms with Gasteiger partial charge in [-0.15, -0.1) is 0 Å². The summed E-state index contributed by atoms with van der Waals surface area (Å²) < 4.78 is 5.47. The van der Waals surface area contributed by atoms with E-state index >= 15 is 0 Å². The Morgan fingerprint density at radius 2 is 2.00 bits per heavy atom. The summed E-state index contributed by atoms with van der Waals surface area (Å²) in [6.07, 6.45) is 4.35. The zero-order valence-electron chi connectivity index (χ0n) is 12.4. The molecule has 0 fully saturated rings. The lowest BCUT2D eigenvalue weighted by molar-refractivity contribution is 0.338. The first-order chi connectivity index (χ1) is 9.60. The summed E-state index contributed by atoms with van der Waals surface area (Å²) in [4.78, 5) is 4.20. The molecule has 1 aromatic heterocycles. The summed E-state index contributed by atoms with van der Waals surface area (Å²) in [5, 5.41) is 0. The van der Waals surface area contributed by atoms with Crippen molar-refractivity contribution in [3.63, 3.8) is 0 Å². The average molecular weight is 270 g/mol. The highest BCUT2D eigenvalue weighted by Gasteiger charge is 2.10. The van der Waals surface area contributed by atoms with E-state index in [0.717, 1.165) is 17.7 Å². The Labute approximate surface area is 120 Å². The van der Waals surface area contributed by atoms with Crippen molar-refractivity contribution in [1.29, 1.82) is 0 Å². The maximum Gasteiger partial charge on any atom is 0.137 e. The highest BCUT2D eigenvalue weighted by Crippen LogP contribution is 2.21. The van der Waals surface area contributed by atoms with Gasteiger partial charge in [0.05, 0.1) is 12.8 Å². The molecule has 1 unspecified atom stereocenters. The lowest BCUT2D eigenvalue weighted by atomic mass is 9.96.